The molecule has 2 aromatic carbocycles. The molecule has 2 aromatic rings. The Balaban J connectivity index is 2.45. The second-order valence-corrected chi connectivity index (χ2v) is 6.16. The SMILES string of the molecule is C/C(=N/Nc1ccc([N+](=O)[O-])cc1[N+](=O)[O-])c1c(C)c(C)cc(C)c1C. The molecule has 0 radical (unpaired) electrons. The van der Waals surface area contributed by atoms with Crippen molar-refractivity contribution in [2.24, 2.45) is 5.10 Å². The van der Waals surface area contributed by atoms with Gasteiger partial charge in [-0.25, -0.2) is 0 Å². The molecule has 0 amide bonds. The zero-order valence-corrected chi connectivity index (χ0v) is 15.3. The molecule has 8 nitrogen and oxygen atoms in total. The Kier molecular flexibility index (Phi) is 5.35. The van der Waals surface area contributed by atoms with Gasteiger partial charge in [0.15, 0.2) is 0 Å². The molecule has 0 aliphatic carbocycles. The lowest BCUT2D eigenvalue weighted by atomic mass is 9.92. The van der Waals surface area contributed by atoms with Gasteiger partial charge in [0.2, 0.25) is 0 Å². The van der Waals surface area contributed by atoms with Crippen molar-refractivity contribution >= 4 is 22.8 Å². The lowest BCUT2D eigenvalue weighted by molar-refractivity contribution is -0.393. The molecule has 0 fully saturated rings. The first-order valence-corrected chi connectivity index (χ1v) is 7.94. The molecular weight excluding hydrogens is 336 g/mol. The molecule has 136 valence electrons. The van der Waals surface area contributed by atoms with Crippen LogP contribution in [0.3, 0.4) is 0 Å². The minimum atomic E-state index is -0.673. The Hall–Kier alpha value is -3.29. The fraction of sp³-hybridized carbons (Fsp3) is 0.278. The van der Waals surface area contributed by atoms with Crippen LogP contribution >= 0.6 is 0 Å². The van der Waals surface area contributed by atoms with Crippen LogP contribution in [0.4, 0.5) is 17.1 Å². The molecule has 0 saturated carbocycles. The Morgan fingerprint density at radius 3 is 2.04 bits per heavy atom. The topological polar surface area (TPSA) is 111 Å². The van der Waals surface area contributed by atoms with Crippen LogP contribution in [0.2, 0.25) is 0 Å². The predicted octanol–water partition coefficient (Wildman–Crippen LogP) is 4.57. The summed E-state index contributed by atoms with van der Waals surface area (Å²) in [4.78, 5) is 20.7. The van der Waals surface area contributed by atoms with Crippen molar-refractivity contribution in [1.29, 1.82) is 0 Å². The van der Waals surface area contributed by atoms with Crippen LogP contribution in [0.25, 0.3) is 0 Å². The molecule has 0 aliphatic rings. The second-order valence-electron chi connectivity index (χ2n) is 6.16. The zero-order chi connectivity index (χ0) is 19.6. The highest BCUT2D eigenvalue weighted by atomic mass is 16.6. The van der Waals surface area contributed by atoms with Crippen LogP contribution in [0.15, 0.2) is 29.4 Å². The summed E-state index contributed by atoms with van der Waals surface area (Å²) in [5.74, 6) is 0. The van der Waals surface area contributed by atoms with Gasteiger partial charge < -0.3 is 0 Å². The number of anilines is 1. The minimum absolute atomic E-state index is 0.0969. The number of hydrazone groups is 1. The third-order valence-corrected chi connectivity index (χ3v) is 4.46. The van der Waals surface area contributed by atoms with Gasteiger partial charge in [-0.15, -0.1) is 0 Å². The molecule has 0 aromatic heterocycles. The lowest BCUT2D eigenvalue weighted by Crippen LogP contribution is -2.08. The summed E-state index contributed by atoms with van der Waals surface area (Å²) >= 11 is 0. The van der Waals surface area contributed by atoms with Crippen molar-refractivity contribution in [3.8, 4) is 0 Å². The van der Waals surface area contributed by atoms with Crippen molar-refractivity contribution in [3.05, 3.63) is 72.3 Å². The highest BCUT2D eigenvalue weighted by Crippen LogP contribution is 2.29. The van der Waals surface area contributed by atoms with Crippen molar-refractivity contribution in [1.82, 2.24) is 0 Å². The molecule has 8 heteroatoms. The second kappa shape index (κ2) is 7.30. The summed E-state index contributed by atoms with van der Waals surface area (Å²) in [5.41, 5.74) is 8.16. The highest BCUT2D eigenvalue weighted by Gasteiger charge is 2.19. The number of nitrogens with zero attached hydrogens (tertiary/aromatic N) is 3. The van der Waals surface area contributed by atoms with Gasteiger partial charge in [-0.1, -0.05) is 6.07 Å². The summed E-state index contributed by atoms with van der Waals surface area (Å²) in [6.07, 6.45) is 0. The van der Waals surface area contributed by atoms with Gasteiger partial charge in [0.05, 0.1) is 21.6 Å². The quantitative estimate of drug-likeness (QED) is 0.479. The number of non-ortho nitro benzene ring substituents is 1. The van der Waals surface area contributed by atoms with E-state index in [1.165, 1.54) is 12.1 Å². The molecule has 2 rings (SSSR count). The maximum atomic E-state index is 11.2. The first-order valence-electron chi connectivity index (χ1n) is 7.94. The number of aryl methyl sites for hydroxylation is 2. The third-order valence-electron chi connectivity index (χ3n) is 4.46. The van der Waals surface area contributed by atoms with Gasteiger partial charge in [-0.05, 0) is 62.9 Å². The summed E-state index contributed by atoms with van der Waals surface area (Å²) in [7, 11) is 0. The van der Waals surface area contributed by atoms with Gasteiger partial charge in [-0.3, -0.25) is 25.7 Å². The van der Waals surface area contributed by atoms with Crippen LogP contribution in [0.1, 0.15) is 34.7 Å². The predicted molar refractivity (Wildman–Crippen MR) is 101 cm³/mol. The molecule has 0 spiro atoms. The highest BCUT2D eigenvalue weighted by molar-refractivity contribution is 6.02. The third kappa shape index (κ3) is 3.69. The van der Waals surface area contributed by atoms with E-state index >= 15 is 0 Å². The molecule has 0 unspecified atom stereocenters. The smallest absolute Gasteiger partial charge is 0.271 e. The largest absolute Gasteiger partial charge is 0.301 e. The average molecular weight is 356 g/mol. The summed E-state index contributed by atoms with van der Waals surface area (Å²) in [6.45, 7) is 9.87. The van der Waals surface area contributed by atoms with Crippen LogP contribution in [0, 0.1) is 47.9 Å². The number of rotatable bonds is 5. The first-order chi connectivity index (χ1) is 12.1. The van der Waals surface area contributed by atoms with Crippen LogP contribution in [-0.4, -0.2) is 15.6 Å². The summed E-state index contributed by atoms with van der Waals surface area (Å²) < 4.78 is 0. The number of hydrogen-bond donors (Lipinski definition) is 1. The van der Waals surface area contributed by atoms with E-state index in [-0.39, 0.29) is 11.4 Å². The Morgan fingerprint density at radius 1 is 0.962 bits per heavy atom. The van der Waals surface area contributed by atoms with E-state index in [9.17, 15) is 20.2 Å². The zero-order valence-electron chi connectivity index (χ0n) is 15.3. The molecule has 0 atom stereocenters. The van der Waals surface area contributed by atoms with Crippen molar-refractivity contribution in [2.75, 3.05) is 5.43 Å². The number of nitro benzene ring substituents is 2. The van der Waals surface area contributed by atoms with Gasteiger partial charge >= 0.3 is 5.69 Å². The molecule has 0 heterocycles. The molecule has 0 bridgehead atoms. The first kappa shape index (κ1) is 19.0. The standard InChI is InChI=1S/C18H20N4O4/c1-10-8-11(2)13(4)18(12(10)3)14(5)19-20-16-7-6-15(21(23)24)9-17(16)22(25)26/h6-9,20H,1-5H3/b19-14-. The van der Waals surface area contributed by atoms with E-state index in [4.69, 9.17) is 0 Å². The van der Waals surface area contributed by atoms with Crippen molar-refractivity contribution < 1.29 is 9.85 Å². The van der Waals surface area contributed by atoms with Crippen LogP contribution < -0.4 is 5.43 Å². The van der Waals surface area contributed by atoms with Crippen molar-refractivity contribution in [3.63, 3.8) is 0 Å². The number of hydrogen-bond acceptors (Lipinski definition) is 6. The Bertz CT molecular complexity index is 909. The summed E-state index contributed by atoms with van der Waals surface area (Å²) in [5, 5.41) is 26.3. The van der Waals surface area contributed by atoms with Gasteiger partial charge in [-0.2, -0.15) is 5.10 Å². The molecule has 0 saturated heterocycles. The fourth-order valence-electron chi connectivity index (χ4n) is 2.84. The maximum absolute atomic E-state index is 11.2. The van der Waals surface area contributed by atoms with E-state index in [1.54, 1.807) is 0 Å². The summed E-state index contributed by atoms with van der Waals surface area (Å²) in [6, 6.07) is 5.51. The Morgan fingerprint density at radius 2 is 1.54 bits per heavy atom. The normalized spacial score (nSPS) is 11.3. The van der Waals surface area contributed by atoms with Crippen LogP contribution in [-0.2, 0) is 0 Å². The monoisotopic (exact) mass is 356 g/mol. The maximum Gasteiger partial charge on any atom is 0.301 e. The Labute approximate surface area is 150 Å². The van der Waals surface area contributed by atoms with E-state index < -0.39 is 15.5 Å². The van der Waals surface area contributed by atoms with Crippen LogP contribution in [0.5, 0.6) is 0 Å². The minimum Gasteiger partial charge on any atom is -0.271 e. The number of nitro groups is 2. The van der Waals surface area contributed by atoms with Gasteiger partial charge in [0.1, 0.15) is 5.69 Å². The van der Waals surface area contributed by atoms with Gasteiger partial charge in [0.25, 0.3) is 5.69 Å². The lowest BCUT2D eigenvalue weighted by Gasteiger charge is -2.15. The van der Waals surface area contributed by atoms with Crippen molar-refractivity contribution in [2.45, 2.75) is 34.6 Å². The van der Waals surface area contributed by atoms with E-state index in [2.05, 4.69) is 16.6 Å². The number of benzene rings is 2. The fourth-order valence-corrected chi connectivity index (χ4v) is 2.84. The molecule has 0 aliphatic heterocycles. The van der Waals surface area contributed by atoms with E-state index in [1.807, 2.05) is 34.6 Å². The number of nitrogens with one attached hydrogen (secondary N) is 1. The van der Waals surface area contributed by atoms with E-state index in [0.29, 0.717) is 5.71 Å². The average Bonchev–Trinajstić information content (AvgIpc) is 2.58. The van der Waals surface area contributed by atoms with Gasteiger partial charge in [0, 0.05) is 11.6 Å². The molecular formula is C18H20N4O4. The van der Waals surface area contributed by atoms with E-state index in [0.717, 1.165) is 33.9 Å². The molecule has 26 heavy (non-hydrogen) atoms. The molecule has 1 N–H and O–H groups in total.